The highest BCUT2D eigenvalue weighted by molar-refractivity contribution is 7.11. The predicted octanol–water partition coefficient (Wildman–Crippen LogP) is 4.05. The minimum atomic E-state index is 0.180. The second kappa shape index (κ2) is 5.98. The zero-order valence-electron chi connectivity index (χ0n) is 13.7. The molecule has 0 spiro atoms. The Morgan fingerprint density at radius 3 is 2.71 bits per heavy atom. The monoisotopic (exact) mass is 308 g/mol. The summed E-state index contributed by atoms with van der Waals surface area (Å²) in [6, 6.07) is 0. The lowest BCUT2D eigenvalue weighted by Crippen LogP contribution is -2.39. The molecule has 1 aromatic rings. The molecule has 1 aromatic heterocycles. The molecule has 1 saturated carbocycles. The van der Waals surface area contributed by atoms with Crippen LogP contribution in [0.1, 0.15) is 74.1 Å². The summed E-state index contributed by atoms with van der Waals surface area (Å²) in [5.41, 5.74) is 1.54. The summed E-state index contributed by atoms with van der Waals surface area (Å²) in [6.07, 6.45) is 6.62. The number of aryl methyl sites for hydroxylation is 1. The van der Waals surface area contributed by atoms with Crippen LogP contribution in [0.15, 0.2) is 0 Å². The van der Waals surface area contributed by atoms with Crippen molar-refractivity contribution in [2.45, 2.75) is 70.4 Å². The van der Waals surface area contributed by atoms with Gasteiger partial charge in [-0.2, -0.15) is 0 Å². The van der Waals surface area contributed by atoms with Gasteiger partial charge in [0, 0.05) is 30.0 Å². The number of thiazole rings is 1. The van der Waals surface area contributed by atoms with Crippen LogP contribution in [0.2, 0.25) is 0 Å². The van der Waals surface area contributed by atoms with Crippen molar-refractivity contribution in [3.63, 3.8) is 0 Å². The molecule has 0 radical (unpaired) electrons. The van der Waals surface area contributed by atoms with Gasteiger partial charge in [-0.1, -0.05) is 0 Å². The van der Waals surface area contributed by atoms with Crippen LogP contribution in [0.3, 0.4) is 0 Å². The van der Waals surface area contributed by atoms with Crippen LogP contribution in [-0.2, 0) is 11.2 Å². The second-order valence-corrected chi connectivity index (χ2v) is 8.69. The van der Waals surface area contributed by atoms with Crippen LogP contribution in [0.4, 0.5) is 0 Å². The molecule has 0 amide bonds. The first-order chi connectivity index (χ1) is 9.98. The fourth-order valence-electron chi connectivity index (χ4n) is 3.17. The number of ether oxygens (including phenoxy) is 1. The van der Waals surface area contributed by atoms with E-state index in [9.17, 15) is 0 Å². The van der Waals surface area contributed by atoms with E-state index in [0.717, 1.165) is 6.54 Å². The van der Waals surface area contributed by atoms with Gasteiger partial charge in [-0.15, -0.1) is 11.3 Å². The summed E-state index contributed by atoms with van der Waals surface area (Å²) in [5, 5.41) is 4.88. The number of aromatic nitrogens is 1. The average molecular weight is 308 g/mol. The molecule has 0 bridgehead atoms. The normalized spacial score (nSPS) is 23.9. The van der Waals surface area contributed by atoms with Crippen molar-refractivity contribution in [1.82, 2.24) is 10.3 Å². The summed E-state index contributed by atoms with van der Waals surface area (Å²) in [5.74, 6) is 1.29. The first-order valence-corrected chi connectivity index (χ1v) is 9.07. The smallest absolute Gasteiger partial charge is 0.122 e. The highest BCUT2D eigenvalue weighted by Gasteiger charge is 2.36. The minimum Gasteiger partial charge on any atom is -0.374 e. The van der Waals surface area contributed by atoms with Crippen molar-refractivity contribution in [2.75, 3.05) is 13.7 Å². The number of fused-ring (bicyclic) bond motifs is 1. The number of methoxy groups -OCH3 is 1. The topological polar surface area (TPSA) is 34.1 Å². The van der Waals surface area contributed by atoms with Crippen LogP contribution >= 0.6 is 11.3 Å². The van der Waals surface area contributed by atoms with Gasteiger partial charge in [0.05, 0.1) is 5.69 Å². The maximum absolute atomic E-state index is 5.72. The van der Waals surface area contributed by atoms with Gasteiger partial charge in [0.1, 0.15) is 11.1 Å². The van der Waals surface area contributed by atoms with Crippen molar-refractivity contribution in [3.05, 3.63) is 15.6 Å². The van der Waals surface area contributed by atoms with Gasteiger partial charge < -0.3 is 10.1 Å². The zero-order valence-corrected chi connectivity index (χ0v) is 14.6. The van der Waals surface area contributed by atoms with Crippen molar-refractivity contribution in [1.29, 1.82) is 0 Å². The Balaban J connectivity index is 1.76. The summed E-state index contributed by atoms with van der Waals surface area (Å²) >= 11 is 1.91. The van der Waals surface area contributed by atoms with Crippen molar-refractivity contribution >= 4 is 11.3 Å². The molecule has 3 rings (SSSR count). The van der Waals surface area contributed by atoms with Gasteiger partial charge in [0.2, 0.25) is 0 Å². The third-order valence-corrected chi connectivity index (χ3v) is 5.71. The first-order valence-electron chi connectivity index (χ1n) is 8.25. The van der Waals surface area contributed by atoms with Crippen molar-refractivity contribution in [2.24, 2.45) is 5.92 Å². The highest BCUT2D eigenvalue weighted by Crippen LogP contribution is 2.46. The lowest BCUT2D eigenvalue weighted by molar-refractivity contribution is 0.0842. The van der Waals surface area contributed by atoms with E-state index in [0.29, 0.717) is 11.8 Å². The van der Waals surface area contributed by atoms with Gasteiger partial charge in [-0.05, 0) is 58.8 Å². The zero-order chi connectivity index (χ0) is 15.0. The number of hydrogen-bond acceptors (Lipinski definition) is 4. The van der Waals surface area contributed by atoms with E-state index in [1.54, 1.807) is 0 Å². The Kier molecular flexibility index (Phi) is 4.40. The summed E-state index contributed by atoms with van der Waals surface area (Å²) in [6.45, 7) is 7.74. The van der Waals surface area contributed by atoms with Gasteiger partial charge in [0.25, 0.3) is 0 Å². The van der Waals surface area contributed by atoms with E-state index in [2.05, 4.69) is 26.1 Å². The molecule has 1 fully saturated rings. The number of hydrogen-bond donors (Lipinski definition) is 1. The van der Waals surface area contributed by atoms with Crippen LogP contribution in [0.5, 0.6) is 0 Å². The molecule has 2 aliphatic rings. The van der Waals surface area contributed by atoms with E-state index in [1.807, 2.05) is 18.4 Å². The molecule has 2 atom stereocenters. The standard InChI is InChI=1S/C17H28N2OS/c1-17(2,3)18-10-12-6-5-7-13-14(12)19-16(21-13)15(20-4)11-8-9-11/h11-12,15,18H,5-10H2,1-4H3. The molecule has 118 valence electrons. The van der Waals surface area contributed by atoms with Gasteiger partial charge in [-0.25, -0.2) is 4.98 Å². The van der Waals surface area contributed by atoms with E-state index >= 15 is 0 Å². The Hall–Kier alpha value is -0.450. The molecule has 0 aromatic carbocycles. The molecule has 0 saturated heterocycles. The Bertz CT molecular complexity index is 487. The molecule has 1 heterocycles. The molecule has 1 N–H and O–H groups in total. The lowest BCUT2D eigenvalue weighted by atomic mass is 9.90. The Morgan fingerprint density at radius 2 is 2.10 bits per heavy atom. The summed E-state index contributed by atoms with van der Waals surface area (Å²) < 4.78 is 5.72. The van der Waals surface area contributed by atoms with E-state index in [4.69, 9.17) is 9.72 Å². The fraction of sp³-hybridized carbons (Fsp3) is 0.824. The number of nitrogens with zero attached hydrogens (tertiary/aromatic N) is 1. The van der Waals surface area contributed by atoms with E-state index < -0.39 is 0 Å². The molecule has 21 heavy (non-hydrogen) atoms. The Labute approximate surface area is 132 Å². The van der Waals surface area contributed by atoms with Crippen LogP contribution in [0.25, 0.3) is 0 Å². The quantitative estimate of drug-likeness (QED) is 0.891. The largest absolute Gasteiger partial charge is 0.374 e. The fourth-order valence-corrected chi connectivity index (χ4v) is 4.53. The third-order valence-electron chi connectivity index (χ3n) is 4.51. The maximum Gasteiger partial charge on any atom is 0.122 e. The SMILES string of the molecule is COC(c1nc2c(s1)CCCC2CNC(C)(C)C)C1CC1. The first kappa shape index (κ1) is 15.4. The summed E-state index contributed by atoms with van der Waals surface area (Å²) in [7, 11) is 1.84. The molecule has 2 unspecified atom stereocenters. The lowest BCUT2D eigenvalue weighted by Gasteiger charge is -2.27. The molecular formula is C17H28N2OS. The average Bonchev–Trinajstić information content (AvgIpc) is 3.15. The van der Waals surface area contributed by atoms with Crippen LogP contribution in [-0.4, -0.2) is 24.2 Å². The van der Waals surface area contributed by atoms with E-state index in [1.165, 1.54) is 47.7 Å². The van der Waals surface area contributed by atoms with Crippen molar-refractivity contribution < 1.29 is 4.74 Å². The van der Waals surface area contributed by atoms with E-state index in [-0.39, 0.29) is 11.6 Å². The third kappa shape index (κ3) is 3.66. The van der Waals surface area contributed by atoms with Gasteiger partial charge in [0.15, 0.2) is 0 Å². The second-order valence-electron chi connectivity index (χ2n) is 7.57. The molecule has 3 nitrogen and oxygen atoms in total. The molecule has 4 heteroatoms. The molecule has 0 aliphatic heterocycles. The van der Waals surface area contributed by atoms with Gasteiger partial charge >= 0.3 is 0 Å². The number of rotatable bonds is 5. The van der Waals surface area contributed by atoms with Crippen LogP contribution in [0, 0.1) is 5.92 Å². The summed E-state index contributed by atoms with van der Waals surface area (Å²) in [4.78, 5) is 6.53. The van der Waals surface area contributed by atoms with Gasteiger partial charge in [-0.3, -0.25) is 0 Å². The maximum atomic E-state index is 5.72. The van der Waals surface area contributed by atoms with Crippen molar-refractivity contribution in [3.8, 4) is 0 Å². The predicted molar refractivity (Wildman–Crippen MR) is 88.0 cm³/mol. The number of nitrogens with one attached hydrogen (secondary N) is 1. The highest BCUT2D eigenvalue weighted by atomic mass is 32.1. The molecular weight excluding hydrogens is 280 g/mol. The van der Waals surface area contributed by atoms with Crippen LogP contribution < -0.4 is 5.32 Å². The Morgan fingerprint density at radius 1 is 1.33 bits per heavy atom. The molecule has 2 aliphatic carbocycles. The minimum absolute atomic E-state index is 0.180.